The Bertz CT molecular complexity index is 431. The number of ether oxygens (including phenoxy) is 1. The molecule has 100 valence electrons. The van der Waals surface area contributed by atoms with E-state index in [-0.39, 0.29) is 0 Å². The molecular weight excluding hydrogens is 290 g/mol. The minimum Gasteiger partial charge on any atom is -0.496 e. The van der Waals surface area contributed by atoms with Crippen molar-refractivity contribution in [3.8, 4) is 5.75 Å². The zero-order chi connectivity index (χ0) is 13.3. The molecule has 0 aromatic heterocycles. The van der Waals surface area contributed by atoms with Gasteiger partial charge in [-0.25, -0.2) is 0 Å². The van der Waals surface area contributed by atoms with E-state index in [4.69, 9.17) is 4.74 Å². The highest BCUT2D eigenvalue weighted by Gasteiger charge is 2.57. The van der Waals surface area contributed by atoms with Crippen LogP contribution in [0.1, 0.15) is 32.3 Å². The molecule has 0 bridgehead atoms. The third-order valence-electron chi connectivity index (χ3n) is 4.20. The molecule has 2 atom stereocenters. The van der Waals surface area contributed by atoms with Gasteiger partial charge in [0.1, 0.15) is 5.75 Å². The molecule has 2 nitrogen and oxygen atoms in total. The molecule has 0 amide bonds. The average Bonchev–Trinajstić information content (AvgIpc) is 2.88. The van der Waals surface area contributed by atoms with Gasteiger partial charge in [-0.1, -0.05) is 26.8 Å². The van der Waals surface area contributed by atoms with Crippen molar-refractivity contribution in [2.75, 3.05) is 20.2 Å². The molecule has 1 saturated carbocycles. The Labute approximate surface area is 118 Å². The first kappa shape index (κ1) is 13.9. The summed E-state index contributed by atoms with van der Waals surface area (Å²) in [6.07, 6.45) is 0. The van der Waals surface area contributed by atoms with Crippen molar-refractivity contribution < 1.29 is 4.74 Å². The van der Waals surface area contributed by atoms with Gasteiger partial charge in [0, 0.05) is 0 Å². The van der Waals surface area contributed by atoms with Crippen LogP contribution in [0.4, 0.5) is 0 Å². The number of benzene rings is 1. The predicted octanol–water partition coefficient (Wildman–Crippen LogP) is 3.81. The molecule has 1 aliphatic carbocycles. The van der Waals surface area contributed by atoms with Crippen LogP contribution >= 0.6 is 15.9 Å². The van der Waals surface area contributed by atoms with E-state index in [9.17, 15) is 0 Å². The number of rotatable bonds is 5. The van der Waals surface area contributed by atoms with Gasteiger partial charge in [-0.05, 0) is 64.0 Å². The number of nitrogens with one attached hydrogen (secondary N) is 1. The van der Waals surface area contributed by atoms with Crippen LogP contribution in [0.3, 0.4) is 0 Å². The molecule has 0 radical (unpaired) electrons. The van der Waals surface area contributed by atoms with E-state index in [2.05, 4.69) is 60.2 Å². The molecular formula is C15H22BrNO. The molecule has 3 heteroatoms. The maximum absolute atomic E-state index is 5.28. The second-order valence-corrected chi connectivity index (χ2v) is 6.46. The lowest BCUT2D eigenvalue weighted by Gasteiger charge is -2.07. The lowest BCUT2D eigenvalue weighted by atomic mass is 10.0. The van der Waals surface area contributed by atoms with Gasteiger partial charge < -0.3 is 10.1 Å². The molecule has 1 aromatic carbocycles. The molecule has 2 rings (SSSR count). The van der Waals surface area contributed by atoms with Gasteiger partial charge >= 0.3 is 0 Å². The highest BCUT2D eigenvalue weighted by atomic mass is 79.9. The van der Waals surface area contributed by atoms with E-state index in [1.165, 1.54) is 5.56 Å². The van der Waals surface area contributed by atoms with Crippen LogP contribution in [-0.4, -0.2) is 20.2 Å². The third kappa shape index (κ3) is 2.43. The second kappa shape index (κ2) is 5.22. The van der Waals surface area contributed by atoms with Gasteiger partial charge in [0.15, 0.2) is 0 Å². The first-order chi connectivity index (χ1) is 8.52. The first-order valence-electron chi connectivity index (χ1n) is 6.56. The third-order valence-corrected chi connectivity index (χ3v) is 4.82. The summed E-state index contributed by atoms with van der Waals surface area (Å²) >= 11 is 3.57. The molecule has 1 N–H and O–H groups in total. The summed E-state index contributed by atoms with van der Waals surface area (Å²) in [6.45, 7) is 9.04. The smallest absolute Gasteiger partial charge is 0.133 e. The van der Waals surface area contributed by atoms with Crippen LogP contribution in [0.2, 0.25) is 0 Å². The summed E-state index contributed by atoms with van der Waals surface area (Å²) in [4.78, 5) is 0. The first-order valence-corrected chi connectivity index (χ1v) is 7.35. The fraction of sp³-hybridized carbons (Fsp3) is 0.600. The van der Waals surface area contributed by atoms with Crippen molar-refractivity contribution >= 4 is 15.9 Å². The molecule has 0 saturated heterocycles. The quantitative estimate of drug-likeness (QED) is 0.893. The summed E-state index contributed by atoms with van der Waals surface area (Å²) in [5, 5.41) is 3.47. The Hall–Kier alpha value is -0.540. The minimum atomic E-state index is 0.399. The lowest BCUT2D eigenvalue weighted by molar-refractivity contribution is 0.412. The van der Waals surface area contributed by atoms with Crippen molar-refractivity contribution in [2.45, 2.75) is 26.7 Å². The number of halogens is 1. The van der Waals surface area contributed by atoms with Crippen molar-refractivity contribution in [1.29, 1.82) is 0 Å². The summed E-state index contributed by atoms with van der Waals surface area (Å²) in [5.74, 6) is 2.29. The molecule has 0 heterocycles. The van der Waals surface area contributed by atoms with Crippen molar-refractivity contribution in [3.63, 3.8) is 0 Å². The molecule has 0 spiro atoms. The van der Waals surface area contributed by atoms with Crippen molar-refractivity contribution in [2.24, 2.45) is 11.3 Å². The molecule has 1 aliphatic rings. The van der Waals surface area contributed by atoms with E-state index in [0.717, 1.165) is 29.2 Å². The minimum absolute atomic E-state index is 0.399. The highest BCUT2D eigenvalue weighted by molar-refractivity contribution is 9.10. The summed E-state index contributed by atoms with van der Waals surface area (Å²) in [7, 11) is 1.70. The monoisotopic (exact) mass is 311 g/mol. The van der Waals surface area contributed by atoms with Crippen LogP contribution in [0, 0.1) is 11.3 Å². The zero-order valence-corrected chi connectivity index (χ0v) is 13.2. The fourth-order valence-electron chi connectivity index (χ4n) is 2.96. The molecule has 0 aliphatic heterocycles. The van der Waals surface area contributed by atoms with E-state index in [1.54, 1.807) is 7.11 Å². The van der Waals surface area contributed by atoms with Gasteiger partial charge in [0.05, 0.1) is 11.6 Å². The SMILES string of the molecule is CCNCC1C(c2ccc(OC)c(Br)c2)C1(C)C. The zero-order valence-electron chi connectivity index (χ0n) is 11.6. The van der Waals surface area contributed by atoms with E-state index < -0.39 is 0 Å². The van der Waals surface area contributed by atoms with Crippen molar-refractivity contribution in [1.82, 2.24) is 5.32 Å². The Balaban J connectivity index is 2.15. The number of hydrogen-bond acceptors (Lipinski definition) is 2. The average molecular weight is 312 g/mol. The predicted molar refractivity (Wildman–Crippen MR) is 79.2 cm³/mol. The number of hydrogen-bond donors (Lipinski definition) is 1. The fourth-order valence-corrected chi connectivity index (χ4v) is 3.52. The van der Waals surface area contributed by atoms with E-state index >= 15 is 0 Å². The summed E-state index contributed by atoms with van der Waals surface area (Å²) < 4.78 is 6.33. The highest BCUT2D eigenvalue weighted by Crippen LogP contribution is 2.64. The Morgan fingerprint density at radius 3 is 2.67 bits per heavy atom. The summed E-state index contributed by atoms with van der Waals surface area (Å²) in [5.41, 5.74) is 1.81. The number of methoxy groups -OCH3 is 1. The van der Waals surface area contributed by atoms with Crippen LogP contribution < -0.4 is 10.1 Å². The molecule has 18 heavy (non-hydrogen) atoms. The van der Waals surface area contributed by atoms with Gasteiger partial charge in [-0.15, -0.1) is 0 Å². The van der Waals surface area contributed by atoms with Gasteiger partial charge in [-0.2, -0.15) is 0 Å². The second-order valence-electron chi connectivity index (χ2n) is 5.61. The van der Waals surface area contributed by atoms with Crippen LogP contribution in [0.15, 0.2) is 22.7 Å². The largest absolute Gasteiger partial charge is 0.496 e. The maximum Gasteiger partial charge on any atom is 0.133 e. The van der Waals surface area contributed by atoms with Crippen LogP contribution in [0.5, 0.6) is 5.75 Å². The molecule has 1 aromatic rings. The molecule has 2 unspecified atom stereocenters. The normalized spacial score (nSPS) is 24.9. The van der Waals surface area contributed by atoms with Crippen LogP contribution in [-0.2, 0) is 0 Å². The van der Waals surface area contributed by atoms with Gasteiger partial charge in [0.25, 0.3) is 0 Å². The Kier molecular flexibility index (Phi) is 4.02. The van der Waals surface area contributed by atoms with Gasteiger partial charge in [-0.3, -0.25) is 0 Å². The van der Waals surface area contributed by atoms with E-state index in [0.29, 0.717) is 11.3 Å². The molecule has 1 fully saturated rings. The Morgan fingerprint density at radius 1 is 1.39 bits per heavy atom. The Morgan fingerprint density at radius 2 is 2.11 bits per heavy atom. The van der Waals surface area contributed by atoms with Gasteiger partial charge in [0.2, 0.25) is 0 Å². The topological polar surface area (TPSA) is 21.3 Å². The van der Waals surface area contributed by atoms with Crippen molar-refractivity contribution in [3.05, 3.63) is 28.2 Å². The maximum atomic E-state index is 5.28. The van der Waals surface area contributed by atoms with E-state index in [1.807, 2.05) is 0 Å². The lowest BCUT2D eigenvalue weighted by Crippen LogP contribution is -2.17. The summed E-state index contributed by atoms with van der Waals surface area (Å²) in [6, 6.07) is 6.46. The van der Waals surface area contributed by atoms with Crippen LogP contribution in [0.25, 0.3) is 0 Å². The standard InChI is InChI=1S/C15H22BrNO/c1-5-17-9-11-14(15(11,2)3)10-6-7-13(18-4)12(16)8-10/h6-8,11,14,17H,5,9H2,1-4H3.